The molecule has 0 N–H and O–H groups in total. The Labute approximate surface area is 169 Å². The van der Waals surface area contributed by atoms with Crippen LogP contribution in [0.5, 0.6) is 0 Å². The highest BCUT2D eigenvalue weighted by molar-refractivity contribution is 5.85. The van der Waals surface area contributed by atoms with Gasteiger partial charge in [-0.15, -0.1) is 24.8 Å². The standard InChI is InChI=1S/C21H27N3.2ClH/c1-16-6-3-4-8-19(16)21-20-15-24(14-18(20)13-23(21)2)11-9-17-7-5-10-22-12-17;;/h3-8,10,12,18,20-21H,9,11,13-15H2,1-2H3;2*1H/t18-,20+,21-;;/m0../s1. The lowest BCUT2D eigenvalue weighted by Gasteiger charge is -2.28. The van der Waals surface area contributed by atoms with Crippen LogP contribution in [0, 0.1) is 18.8 Å². The Hall–Kier alpha value is -1.13. The minimum Gasteiger partial charge on any atom is -0.302 e. The summed E-state index contributed by atoms with van der Waals surface area (Å²) in [5.41, 5.74) is 4.31. The Morgan fingerprint density at radius 1 is 1.04 bits per heavy atom. The van der Waals surface area contributed by atoms with E-state index in [4.69, 9.17) is 0 Å². The van der Waals surface area contributed by atoms with Gasteiger partial charge in [-0.2, -0.15) is 0 Å². The second-order valence-electron chi connectivity index (χ2n) is 7.54. The zero-order chi connectivity index (χ0) is 16.5. The molecule has 0 amide bonds. The van der Waals surface area contributed by atoms with Crippen LogP contribution in [0.1, 0.15) is 22.7 Å². The maximum atomic E-state index is 4.23. The van der Waals surface area contributed by atoms with Crippen molar-refractivity contribution in [2.75, 3.05) is 33.2 Å². The molecule has 2 aliphatic rings. The topological polar surface area (TPSA) is 19.4 Å². The first kappa shape index (κ1) is 21.2. The number of hydrogen-bond donors (Lipinski definition) is 0. The van der Waals surface area contributed by atoms with Crippen LogP contribution in [0.15, 0.2) is 48.8 Å². The number of fused-ring (bicyclic) bond motifs is 1. The molecule has 1 aromatic carbocycles. The van der Waals surface area contributed by atoms with Crippen LogP contribution in [0.25, 0.3) is 0 Å². The van der Waals surface area contributed by atoms with E-state index in [0.29, 0.717) is 6.04 Å². The summed E-state index contributed by atoms with van der Waals surface area (Å²) < 4.78 is 0. The molecule has 0 saturated carbocycles. The van der Waals surface area contributed by atoms with E-state index in [-0.39, 0.29) is 24.8 Å². The zero-order valence-electron chi connectivity index (χ0n) is 15.5. The number of aryl methyl sites for hydroxylation is 1. The van der Waals surface area contributed by atoms with Gasteiger partial charge in [0.2, 0.25) is 0 Å². The molecule has 26 heavy (non-hydrogen) atoms. The van der Waals surface area contributed by atoms with Crippen molar-refractivity contribution >= 4 is 24.8 Å². The molecule has 3 atom stereocenters. The zero-order valence-corrected chi connectivity index (χ0v) is 17.2. The minimum atomic E-state index is 0. The number of rotatable bonds is 4. The van der Waals surface area contributed by atoms with E-state index in [1.807, 2.05) is 18.5 Å². The Balaban J connectivity index is 0.00000121. The fourth-order valence-corrected chi connectivity index (χ4v) is 4.75. The molecule has 3 nitrogen and oxygen atoms in total. The monoisotopic (exact) mass is 393 g/mol. The highest BCUT2D eigenvalue weighted by Gasteiger charge is 2.46. The van der Waals surface area contributed by atoms with Crippen molar-refractivity contribution in [3.8, 4) is 0 Å². The molecule has 3 heterocycles. The van der Waals surface area contributed by atoms with Crippen LogP contribution in [-0.2, 0) is 6.42 Å². The molecular weight excluding hydrogens is 365 g/mol. The van der Waals surface area contributed by atoms with Crippen LogP contribution in [0.2, 0.25) is 0 Å². The predicted molar refractivity (Wildman–Crippen MR) is 112 cm³/mol. The van der Waals surface area contributed by atoms with E-state index >= 15 is 0 Å². The SMILES string of the molecule is Cc1ccccc1[C@H]1[C@@H]2CN(CCc3cccnc3)C[C@@H]2CN1C.Cl.Cl. The van der Waals surface area contributed by atoms with Crippen LogP contribution < -0.4 is 0 Å². The molecule has 0 radical (unpaired) electrons. The van der Waals surface area contributed by atoms with Gasteiger partial charge in [-0.1, -0.05) is 30.3 Å². The molecule has 0 bridgehead atoms. The Bertz CT molecular complexity index is 695. The van der Waals surface area contributed by atoms with Gasteiger partial charge in [0.15, 0.2) is 0 Å². The lowest BCUT2D eigenvalue weighted by molar-refractivity contribution is 0.229. The van der Waals surface area contributed by atoms with Crippen LogP contribution >= 0.6 is 24.8 Å². The average Bonchev–Trinajstić information content (AvgIpc) is 3.11. The molecule has 2 aliphatic heterocycles. The van der Waals surface area contributed by atoms with Gasteiger partial charge < -0.3 is 4.90 Å². The molecule has 2 aromatic rings. The van der Waals surface area contributed by atoms with Gasteiger partial charge in [0.25, 0.3) is 0 Å². The summed E-state index contributed by atoms with van der Waals surface area (Å²) in [4.78, 5) is 9.48. The van der Waals surface area contributed by atoms with Gasteiger partial charge in [-0.25, -0.2) is 0 Å². The first-order valence-corrected chi connectivity index (χ1v) is 9.09. The van der Waals surface area contributed by atoms with Crippen LogP contribution in [0.3, 0.4) is 0 Å². The van der Waals surface area contributed by atoms with Crippen molar-refractivity contribution in [1.29, 1.82) is 0 Å². The van der Waals surface area contributed by atoms with Crippen molar-refractivity contribution in [2.45, 2.75) is 19.4 Å². The van der Waals surface area contributed by atoms with E-state index in [2.05, 4.69) is 59.1 Å². The Morgan fingerprint density at radius 2 is 1.85 bits per heavy atom. The molecule has 5 heteroatoms. The molecular formula is C21H29Cl2N3. The number of halogens is 2. The molecule has 0 aliphatic carbocycles. The Kier molecular flexibility index (Phi) is 7.48. The van der Waals surface area contributed by atoms with Crippen molar-refractivity contribution < 1.29 is 0 Å². The number of pyridine rings is 1. The van der Waals surface area contributed by atoms with Crippen molar-refractivity contribution in [2.24, 2.45) is 11.8 Å². The van der Waals surface area contributed by atoms with Gasteiger partial charge in [-0.05, 0) is 55.0 Å². The normalized spacial score (nSPS) is 25.4. The average molecular weight is 394 g/mol. The number of nitrogens with zero attached hydrogens (tertiary/aromatic N) is 3. The van der Waals surface area contributed by atoms with Gasteiger partial charge in [0, 0.05) is 44.6 Å². The van der Waals surface area contributed by atoms with Gasteiger partial charge >= 0.3 is 0 Å². The first-order chi connectivity index (χ1) is 11.7. The second-order valence-corrected chi connectivity index (χ2v) is 7.54. The van der Waals surface area contributed by atoms with E-state index < -0.39 is 0 Å². The fourth-order valence-electron chi connectivity index (χ4n) is 4.75. The molecule has 142 valence electrons. The lowest BCUT2D eigenvalue weighted by atomic mass is 9.88. The highest BCUT2D eigenvalue weighted by Crippen LogP contribution is 2.44. The van der Waals surface area contributed by atoms with E-state index in [1.165, 1.54) is 36.3 Å². The molecule has 0 spiro atoms. The van der Waals surface area contributed by atoms with Crippen LogP contribution in [-0.4, -0.2) is 48.0 Å². The van der Waals surface area contributed by atoms with Gasteiger partial charge in [0.1, 0.15) is 0 Å². The van der Waals surface area contributed by atoms with E-state index in [1.54, 1.807) is 0 Å². The van der Waals surface area contributed by atoms with Gasteiger partial charge in [0.05, 0.1) is 0 Å². The maximum absolute atomic E-state index is 4.23. The largest absolute Gasteiger partial charge is 0.302 e. The molecule has 0 unspecified atom stereocenters. The smallest absolute Gasteiger partial charge is 0.0391 e. The minimum absolute atomic E-state index is 0. The van der Waals surface area contributed by atoms with Crippen molar-refractivity contribution in [3.05, 3.63) is 65.5 Å². The van der Waals surface area contributed by atoms with Crippen molar-refractivity contribution in [3.63, 3.8) is 0 Å². The molecule has 2 saturated heterocycles. The van der Waals surface area contributed by atoms with Crippen molar-refractivity contribution in [1.82, 2.24) is 14.8 Å². The summed E-state index contributed by atoms with van der Waals surface area (Å²) in [6, 6.07) is 13.7. The summed E-state index contributed by atoms with van der Waals surface area (Å²) in [6.45, 7) is 7.12. The second kappa shape index (κ2) is 9.18. The number of aromatic nitrogens is 1. The Morgan fingerprint density at radius 3 is 2.58 bits per heavy atom. The number of benzene rings is 1. The third-order valence-corrected chi connectivity index (χ3v) is 5.92. The van der Waals surface area contributed by atoms with Gasteiger partial charge in [-0.3, -0.25) is 9.88 Å². The summed E-state index contributed by atoms with van der Waals surface area (Å²) in [7, 11) is 2.30. The first-order valence-electron chi connectivity index (χ1n) is 9.09. The number of hydrogen-bond acceptors (Lipinski definition) is 3. The third-order valence-electron chi connectivity index (χ3n) is 5.92. The predicted octanol–water partition coefficient (Wildman–Crippen LogP) is 4.01. The highest BCUT2D eigenvalue weighted by atomic mass is 35.5. The van der Waals surface area contributed by atoms with E-state index in [9.17, 15) is 0 Å². The summed E-state index contributed by atoms with van der Waals surface area (Å²) in [6.07, 6.45) is 4.96. The maximum Gasteiger partial charge on any atom is 0.0391 e. The quantitative estimate of drug-likeness (QED) is 0.781. The molecule has 2 fully saturated rings. The lowest BCUT2D eigenvalue weighted by Crippen LogP contribution is -2.30. The summed E-state index contributed by atoms with van der Waals surface area (Å²) in [5.74, 6) is 1.58. The molecule has 1 aromatic heterocycles. The van der Waals surface area contributed by atoms with Crippen LogP contribution in [0.4, 0.5) is 0 Å². The third kappa shape index (κ3) is 4.23. The number of likely N-dealkylation sites (tertiary alicyclic amines) is 2. The fraction of sp³-hybridized carbons (Fsp3) is 0.476. The summed E-state index contributed by atoms with van der Waals surface area (Å²) in [5, 5.41) is 0. The van der Waals surface area contributed by atoms with E-state index in [0.717, 1.165) is 24.8 Å². The molecule has 4 rings (SSSR count). The summed E-state index contributed by atoms with van der Waals surface area (Å²) >= 11 is 0.